The summed E-state index contributed by atoms with van der Waals surface area (Å²) in [4.78, 5) is 0. The molecule has 0 spiro atoms. The second-order valence-corrected chi connectivity index (χ2v) is 4.63. The third kappa shape index (κ3) is 1.53. The summed E-state index contributed by atoms with van der Waals surface area (Å²) in [5.74, 6) is 0. The van der Waals surface area contributed by atoms with Crippen molar-refractivity contribution < 1.29 is 0 Å². The summed E-state index contributed by atoms with van der Waals surface area (Å²) in [5, 5.41) is 3.76. The zero-order chi connectivity index (χ0) is 11.2. The highest BCUT2D eigenvalue weighted by molar-refractivity contribution is 6.41. The first-order valence-corrected chi connectivity index (χ1v) is 5.63. The summed E-state index contributed by atoms with van der Waals surface area (Å²) in [6, 6.07) is 6.08. The van der Waals surface area contributed by atoms with Crippen LogP contribution >= 0.6 is 23.2 Å². The molecule has 2 aromatic carbocycles. The SMILES string of the molecule is Cc1c(C)c(Cl)c2c(C)cccc2c1Cl. The molecule has 0 atom stereocenters. The van der Waals surface area contributed by atoms with E-state index >= 15 is 0 Å². The fraction of sp³-hybridized carbons (Fsp3) is 0.231. The Labute approximate surface area is 99.8 Å². The van der Waals surface area contributed by atoms with E-state index < -0.39 is 0 Å². The zero-order valence-electron chi connectivity index (χ0n) is 8.99. The molecule has 0 heterocycles. The van der Waals surface area contributed by atoms with E-state index in [0.29, 0.717) is 0 Å². The molecule has 15 heavy (non-hydrogen) atoms. The Morgan fingerprint density at radius 1 is 0.867 bits per heavy atom. The molecule has 0 nitrogen and oxygen atoms in total. The Hall–Kier alpha value is -0.720. The minimum Gasteiger partial charge on any atom is -0.0834 e. The van der Waals surface area contributed by atoms with Gasteiger partial charge in [0.15, 0.2) is 0 Å². The molecule has 2 rings (SSSR count). The van der Waals surface area contributed by atoms with Gasteiger partial charge >= 0.3 is 0 Å². The van der Waals surface area contributed by atoms with Gasteiger partial charge in [0.05, 0.1) is 10.0 Å². The highest BCUT2D eigenvalue weighted by Crippen LogP contribution is 2.37. The van der Waals surface area contributed by atoms with Crippen LogP contribution < -0.4 is 0 Å². The smallest absolute Gasteiger partial charge is 0.0519 e. The number of benzene rings is 2. The summed E-state index contributed by atoms with van der Waals surface area (Å²) in [5.41, 5.74) is 3.31. The van der Waals surface area contributed by atoms with Crippen molar-refractivity contribution in [3.63, 3.8) is 0 Å². The van der Waals surface area contributed by atoms with E-state index in [9.17, 15) is 0 Å². The topological polar surface area (TPSA) is 0 Å². The molecule has 0 bridgehead atoms. The maximum atomic E-state index is 6.35. The molecule has 0 unspecified atom stereocenters. The molecule has 0 aromatic heterocycles. The lowest BCUT2D eigenvalue weighted by Gasteiger charge is -2.12. The van der Waals surface area contributed by atoms with Crippen LogP contribution in [0.3, 0.4) is 0 Å². The summed E-state index contributed by atoms with van der Waals surface area (Å²) >= 11 is 12.7. The summed E-state index contributed by atoms with van der Waals surface area (Å²) in [7, 11) is 0. The fourth-order valence-corrected chi connectivity index (χ4v) is 2.55. The Morgan fingerprint density at radius 3 is 2.13 bits per heavy atom. The summed E-state index contributed by atoms with van der Waals surface area (Å²) in [6.45, 7) is 6.07. The second-order valence-electron chi connectivity index (χ2n) is 3.88. The number of fused-ring (bicyclic) bond motifs is 1. The van der Waals surface area contributed by atoms with Crippen LogP contribution in [0.25, 0.3) is 10.8 Å². The Balaban J connectivity index is 3.08. The first-order chi connectivity index (χ1) is 7.04. The van der Waals surface area contributed by atoms with Crippen molar-refractivity contribution in [3.05, 3.63) is 44.9 Å². The first kappa shape index (κ1) is 10.8. The van der Waals surface area contributed by atoms with Crippen molar-refractivity contribution in [2.24, 2.45) is 0 Å². The van der Waals surface area contributed by atoms with Gasteiger partial charge in [-0.25, -0.2) is 0 Å². The van der Waals surface area contributed by atoms with Crippen LogP contribution in [0.1, 0.15) is 16.7 Å². The van der Waals surface area contributed by atoms with Crippen molar-refractivity contribution >= 4 is 34.0 Å². The monoisotopic (exact) mass is 238 g/mol. The lowest BCUT2D eigenvalue weighted by atomic mass is 9.99. The van der Waals surface area contributed by atoms with Crippen LogP contribution in [0.5, 0.6) is 0 Å². The molecule has 2 aromatic rings. The molecular formula is C13H12Cl2. The lowest BCUT2D eigenvalue weighted by Crippen LogP contribution is -1.89. The van der Waals surface area contributed by atoms with Gasteiger partial charge in [0.2, 0.25) is 0 Å². The number of aryl methyl sites for hydroxylation is 1. The molecule has 0 aliphatic rings. The van der Waals surface area contributed by atoms with Gasteiger partial charge in [-0.15, -0.1) is 0 Å². The van der Waals surface area contributed by atoms with Crippen LogP contribution in [0.15, 0.2) is 18.2 Å². The van der Waals surface area contributed by atoms with Gasteiger partial charge in [-0.3, -0.25) is 0 Å². The highest BCUT2D eigenvalue weighted by atomic mass is 35.5. The van der Waals surface area contributed by atoms with E-state index in [4.69, 9.17) is 23.2 Å². The van der Waals surface area contributed by atoms with E-state index in [1.807, 2.05) is 26.0 Å². The maximum Gasteiger partial charge on any atom is 0.0519 e. The average molecular weight is 239 g/mol. The van der Waals surface area contributed by atoms with Crippen molar-refractivity contribution in [2.75, 3.05) is 0 Å². The molecule has 0 aliphatic heterocycles. The molecular weight excluding hydrogens is 227 g/mol. The van der Waals surface area contributed by atoms with Crippen molar-refractivity contribution in [1.82, 2.24) is 0 Å². The molecule has 0 radical (unpaired) electrons. The molecule has 78 valence electrons. The largest absolute Gasteiger partial charge is 0.0834 e. The molecule has 0 saturated heterocycles. The fourth-order valence-electron chi connectivity index (χ4n) is 1.86. The molecule has 0 aliphatic carbocycles. The van der Waals surface area contributed by atoms with Gasteiger partial charge < -0.3 is 0 Å². The third-order valence-corrected chi connectivity index (χ3v) is 3.91. The predicted molar refractivity (Wildman–Crippen MR) is 68.2 cm³/mol. The number of hydrogen-bond acceptors (Lipinski definition) is 0. The van der Waals surface area contributed by atoms with E-state index in [-0.39, 0.29) is 0 Å². The number of hydrogen-bond donors (Lipinski definition) is 0. The van der Waals surface area contributed by atoms with Crippen molar-refractivity contribution in [1.29, 1.82) is 0 Å². The molecule has 0 N–H and O–H groups in total. The lowest BCUT2D eigenvalue weighted by molar-refractivity contribution is 1.36. The van der Waals surface area contributed by atoms with Gasteiger partial charge in [0, 0.05) is 10.8 Å². The predicted octanol–water partition coefficient (Wildman–Crippen LogP) is 5.07. The maximum absolute atomic E-state index is 6.35. The Bertz CT molecular complexity index is 542. The highest BCUT2D eigenvalue weighted by Gasteiger charge is 2.12. The second kappa shape index (κ2) is 3.70. The summed E-state index contributed by atoms with van der Waals surface area (Å²) in [6.07, 6.45) is 0. The molecule has 0 saturated carbocycles. The molecule has 0 fully saturated rings. The van der Waals surface area contributed by atoms with Crippen LogP contribution in [0, 0.1) is 20.8 Å². The van der Waals surface area contributed by atoms with Gasteiger partial charge in [-0.05, 0) is 37.5 Å². The molecule has 0 amide bonds. The number of rotatable bonds is 0. The first-order valence-electron chi connectivity index (χ1n) is 4.87. The van der Waals surface area contributed by atoms with E-state index in [1.54, 1.807) is 0 Å². The van der Waals surface area contributed by atoms with E-state index in [0.717, 1.165) is 31.9 Å². The molecule has 2 heteroatoms. The standard InChI is InChI=1S/C13H12Cl2/c1-7-5-4-6-10-11(7)13(15)9(3)8(2)12(10)14/h4-6H,1-3H3. The van der Waals surface area contributed by atoms with Crippen molar-refractivity contribution in [3.8, 4) is 0 Å². The zero-order valence-corrected chi connectivity index (χ0v) is 10.5. The van der Waals surface area contributed by atoms with Gasteiger partial charge in [-0.2, -0.15) is 0 Å². The van der Waals surface area contributed by atoms with Crippen molar-refractivity contribution in [2.45, 2.75) is 20.8 Å². The van der Waals surface area contributed by atoms with E-state index in [2.05, 4.69) is 13.0 Å². The normalized spacial score (nSPS) is 11.0. The minimum atomic E-state index is 0.815. The third-order valence-electron chi connectivity index (χ3n) is 2.95. The Morgan fingerprint density at radius 2 is 1.47 bits per heavy atom. The summed E-state index contributed by atoms with van der Waals surface area (Å²) < 4.78 is 0. The minimum absolute atomic E-state index is 0.815. The van der Waals surface area contributed by atoms with Gasteiger partial charge in [-0.1, -0.05) is 41.4 Å². The van der Waals surface area contributed by atoms with Crippen LogP contribution in [-0.4, -0.2) is 0 Å². The van der Waals surface area contributed by atoms with Crippen LogP contribution in [0.2, 0.25) is 10.0 Å². The average Bonchev–Trinajstić information content (AvgIpc) is 2.23. The van der Waals surface area contributed by atoms with Crippen LogP contribution in [-0.2, 0) is 0 Å². The number of halogens is 2. The van der Waals surface area contributed by atoms with Gasteiger partial charge in [0.1, 0.15) is 0 Å². The van der Waals surface area contributed by atoms with Crippen LogP contribution in [0.4, 0.5) is 0 Å². The quantitative estimate of drug-likeness (QED) is 0.601. The Kier molecular flexibility index (Phi) is 2.66. The van der Waals surface area contributed by atoms with E-state index in [1.165, 1.54) is 5.56 Å². The van der Waals surface area contributed by atoms with Gasteiger partial charge in [0.25, 0.3) is 0 Å².